The lowest BCUT2D eigenvalue weighted by Gasteiger charge is -2.21. The summed E-state index contributed by atoms with van der Waals surface area (Å²) in [5.74, 6) is 6.08. The molecule has 1 aromatic rings. The van der Waals surface area contributed by atoms with E-state index in [1.165, 1.54) is 0 Å². The molecule has 0 amide bonds. The van der Waals surface area contributed by atoms with Crippen LogP contribution in [0.3, 0.4) is 0 Å². The number of ether oxygens (including phenoxy) is 1. The molecule has 1 aliphatic heterocycles. The Morgan fingerprint density at radius 2 is 2.12 bits per heavy atom. The smallest absolute Gasteiger partial charge is 0.223 e. The molecule has 1 saturated heterocycles. The van der Waals surface area contributed by atoms with Crippen LogP contribution in [0.15, 0.2) is 11.1 Å². The van der Waals surface area contributed by atoms with Gasteiger partial charge in [0.25, 0.3) is 0 Å². The number of rotatable bonds is 3. The first-order valence-corrected chi connectivity index (χ1v) is 6.01. The molecule has 1 aromatic heterocycles. The van der Waals surface area contributed by atoms with Crippen molar-refractivity contribution in [1.82, 2.24) is 9.97 Å². The summed E-state index contributed by atoms with van der Waals surface area (Å²) >= 11 is 1.70. The molecule has 0 saturated carbocycles. The van der Waals surface area contributed by atoms with E-state index in [1.807, 2.05) is 0 Å². The lowest BCUT2D eigenvalue weighted by Crippen LogP contribution is -2.18. The molecule has 2 heterocycles. The summed E-state index contributed by atoms with van der Waals surface area (Å²) in [5.41, 5.74) is 8.06. The number of hydrogen-bond donors (Lipinski definition) is 3. The molecule has 1 fully saturated rings. The standard InChI is InChI=1S/C9H15N5OS/c10-9-12-7(14-11)5-8(13-9)16-6-1-3-15-4-2-6/h5-6H,1-4,11H2,(H3,10,12,13,14). The number of hydrogen-bond acceptors (Lipinski definition) is 7. The number of anilines is 2. The van der Waals surface area contributed by atoms with Gasteiger partial charge < -0.3 is 15.9 Å². The SMILES string of the molecule is NNc1cc(SC2CCOCC2)nc(N)n1. The van der Waals surface area contributed by atoms with Gasteiger partial charge in [-0.2, -0.15) is 4.98 Å². The zero-order chi connectivity index (χ0) is 11.4. The fraction of sp³-hybridized carbons (Fsp3) is 0.556. The van der Waals surface area contributed by atoms with Gasteiger partial charge in [0, 0.05) is 24.5 Å². The van der Waals surface area contributed by atoms with Crippen molar-refractivity contribution in [3.05, 3.63) is 6.07 Å². The van der Waals surface area contributed by atoms with Crippen molar-refractivity contribution in [1.29, 1.82) is 0 Å². The zero-order valence-electron chi connectivity index (χ0n) is 8.85. The number of nitrogens with zero attached hydrogens (tertiary/aromatic N) is 2. The topological polar surface area (TPSA) is 99.1 Å². The molecule has 0 aliphatic carbocycles. The van der Waals surface area contributed by atoms with E-state index < -0.39 is 0 Å². The molecule has 16 heavy (non-hydrogen) atoms. The van der Waals surface area contributed by atoms with Gasteiger partial charge in [-0.05, 0) is 12.8 Å². The minimum atomic E-state index is 0.241. The summed E-state index contributed by atoms with van der Waals surface area (Å²) in [6, 6.07) is 1.80. The van der Waals surface area contributed by atoms with Crippen molar-refractivity contribution in [3.8, 4) is 0 Å². The summed E-state index contributed by atoms with van der Waals surface area (Å²) in [7, 11) is 0. The van der Waals surface area contributed by atoms with Crippen LogP contribution in [-0.4, -0.2) is 28.4 Å². The molecule has 0 atom stereocenters. The van der Waals surface area contributed by atoms with Crippen molar-refractivity contribution < 1.29 is 4.74 Å². The molecule has 0 aromatic carbocycles. The van der Waals surface area contributed by atoms with Crippen LogP contribution < -0.4 is 17.0 Å². The van der Waals surface area contributed by atoms with E-state index in [4.69, 9.17) is 16.3 Å². The number of hydrazine groups is 1. The third kappa shape index (κ3) is 2.97. The Kier molecular flexibility index (Phi) is 3.81. The molecule has 0 spiro atoms. The van der Waals surface area contributed by atoms with Gasteiger partial charge in [-0.1, -0.05) is 0 Å². The monoisotopic (exact) mass is 241 g/mol. The van der Waals surface area contributed by atoms with Gasteiger partial charge in [-0.15, -0.1) is 11.8 Å². The maximum absolute atomic E-state index is 5.58. The Labute approximate surface area is 98.1 Å². The average molecular weight is 241 g/mol. The van der Waals surface area contributed by atoms with Gasteiger partial charge in [0.2, 0.25) is 5.95 Å². The molecule has 0 radical (unpaired) electrons. The van der Waals surface area contributed by atoms with E-state index in [0.29, 0.717) is 11.1 Å². The lowest BCUT2D eigenvalue weighted by atomic mass is 10.2. The van der Waals surface area contributed by atoms with Crippen LogP contribution in [0.1, 0.15) is 12.8 Å². The van der Waals surface area contributed by atoms with E-state index in [9.17, 15) is 0 Å². The highest BCUT2D eigenvalue weighted by Gasteiger charge is 2.16. The van der Waals surface area contributed by atoms with E-state index in [2.05, 4.69) is 15.4 Å². The molecular formula is C9H15N5OS. The van der Waals surface area contributed by atoms with Crippen LogP contribution >= 0.6 is 11.8 Å². The molecule has 2 rings (SSSR count). The summed E-state index contributed by atoms with van der Waals surface area (Å²) in [5, 5.41) is 1.39. The molecule has 7 heteroatoms. The Hall–Kier alpha value is -1.05. The third-order valence-corrected chi connectivity index (χ3v) is 3.58. The minimum absolute atomic E-state index is 0.241. The first-order valence-electron chi connectivity index (χ1n) is 5.13. The second-order valence-corrected chi connectivity index (χ2v) is 4.84. The maximum Gasteiger partial charge on any atom is 0.223 e. The molecule has 88 valence electrons. The summed E-state index contributed by atoms with van der Waals surface area (Å²) < 4.78 is 5.30. The third-order valence-electron chi connectivity index (χ3n) is 2.32. The van der Waals surface area contributed by atoms with Crippen molar-refractivity contribution in [3.63, 3.8) is 0 Å². The van der Waals surface area contributed by atoms with Gasteiger partial charge >= 0.3 is 0 Å². The molecule has 0 bridgehead atoms. The minimum Gasteiger partial charge on any atom is -0.381 e. The quantitative estimate of drug-likeness (QED) is 0.405. The Bertz CT molecular complexity index is 356. The Morgan fingerprint density at radius 1 is 1.38 bits per heavy atom. The van der Waals surface area contributed by atoms with Crippen LogP contribution in [0.5, 0.6) is 0 Å². The number of nitrogen functional groups attached to an aromatic ring is 2. The van der Waals surface area contributed by atoms with Gasteiger partial charge in [0.05, 0.1) is 0 Å². The van der Waals surface area contributed by atoms with E-state index >= 15 is 0 Å². The Morgan fingerprint density at radius 3 is 2.81 bits per heavy atom. The summed E-state index contributed by atoms with van der Waals surface area (Å²) in [4.78, 5) is 8.11. The maximum atomic E-state index is 5.58. The second-order valence-electron chi connectivity index (χ2n) is 3.52. The van der Waals surface area contributed by atoms with Gasteiger partial charge in [0.15, 0.2) is 0 Å². The highest BCUT2D eigenvalue weighted by molar-refractivity contribution is 7.99. The second kappa shape index (κ2) is 5.33. The molecular weight excluding hydrogens is 226 g/mol. The molecule has 0 unspecified atom stereocenters. The fourth-order valence-electron chi connectivity index (χ4n) is 1.54. The first kappa shape index (κ1) is 11.4. The number of nitrogens with one attached hydrogen (secondary N) is 1. The Balaban J connectivity index is 2.04. The lowest BCUT2D eigenvalue weighted by molar-refractivity contribution is 0.1000. The van der Waals surface area contributed by atoms with E-state index in [-0.39, 0.29) is 5.95 Å². The highest BCUT2D eigenvalue weighted by Crippen LogP contribution is 2.29. The van der Waals surface area contributed by atoms with Gasteiger partial charge in [0.1, 0.15) is 10.8 Å². The predicted octanol–water partition coefficient (Wildman–Crippen LogP) is 0.616. The fourth-order valence-corrected chi connectivity index (χ4v) is 2.64. The van der Waals surface area contributed by atoms with Crippen molar-refractivity contribution >= 4 is 23.5 Å². The van der Waals surface area contributed by atoms with Crippen LogP contribution in [0.2, 0.25) is 0 Å². The average Bonchev–Trinajstić information content (AvgIpc) is 2.29. The summed E-state index contributed by atoms with van der Waals surface area (Å²) in [6.45, 7) is 1.64. The van der Waals surface area contributed by atoms with Gasteiger partial charge in [-0.3, -0.25) is 0 Å². The van der Waals surface area contributed by atoms with Crippen molar-refractivity contribution in [2.75, 3.05) is 24.4 Å². The van der Waals surface area contributed by atoms with Gasteiger partial charge in [-0.25, -0.2) is 10.8 Å². The van der Waals surface area contributed by atoms with Crippen molar-refractivity contribution in [2.45, 2.75) is 23.1 Å². The van der Waals surface area contributed by atoms with E-state index in [0.717, 1.165) is 31.1 Å². The first-order chi connectivity index (χ1) is 7.78. The largest absolute Gasteiger partial charge is 0.381 e. The molecule has 1 aliphatic rings. The molecule has 6 nitrogen and oxygen atoms in total. The van der Waals surface area contributed by atoms with Crippen LogP contribution in [-0.2, 0) is 4.74 Å². The number of nitrogens with two attached hydrogens (primary N) is 2. The van der Waals surface area contributed by atoms with Crippen molar-refractivity contribution in [2.24, 2.45) is 5.84 Å². The predicted molar refractivity (Wildman–Crippen MR) is 64.0 cm³/mol. The molecule has 5 N–H and O–H groups in total. The summed E-state index contributed by atoms with van der Waals surface area (Å²) in [6.07, 6.45) is 2.08. The zero-order valence-corrected chi connectivity index (χ0v) is 9.67. The normalized spacial score (nSPS) is 17.3. The van der Waals surface area contributed by atoms with Crippen LogP contribution in [0.4, 0.5) is 11.8 Å². The van der Waals surface area contributed by atoms with E-state index in [1.54, 1.807) is 17.8 Å². The van der Waals surface area contributed by atoms with Crippen LogP contribution in [0.25, 0.3) is 0 Å². The number of aromatic nitrogens is 2. The van der Waals surface area contributed by atoms with Crippen LogP contribution in [0, 0.1) is 0 Å². The highest BCUT2D eigenvalue weighted by atomic mass is 32.2. The number of thioether (sulfide) groups is 1.